The van der Waals surface area contributed by atoms with Crippen LogP contribution in [0.5, 0.6) is 5.75 Å². The number of methoxy groups -OCH3 is 1. The Morgan fingerprint density at radius 1 is 1.35 bits per heavy atom. The molecule has 0 aliphatic rings. The Bertz CT molecular complexity index is 350. The molecular weight excluding hydrogens is 212 g/mol. The first-order chi connectivity index (χ1) is 8.08. The number of hydrogen-bond donors (Lipinski definition) is 1. The molecule has 3 nitrogen and oxygen atoms in total. The van der Waals surface area contributed by atoms with E-state index in [-0.39, 0.29) is 0 Å². The topological polar surface area (TPSA) is 38.5 Å². The molecule has 0 aliphatic heterocycles. The van der Waals surface area contributed by atoms with Gasteiger partial charge in [0.1, 0.15) is 5.75 Å². The first-order valence-electron chi connectivity index (χ1n) is 6.14. The number of ether oxygens (including phenoxy) is 1. The molecule has 0 aromatic heterocycles. The normalized spacial score (nSPS) is 11.2. The molecule has 0 spiro atoms. The average Bonchev–Trinajstić information content (AvgIpc) is 2.35. The fraction of sp³-hybridized carbons (Fsp3) is 0.571. The summed E-state index contributed by atoms with van der Waals surface area (Å²) in [6, 6.07) is 6.44. The summed E-state index contributed by atoms with van der Waals surface area (Å²) in [5.41, 5.74) is 8.19. The molecule has 17 heavy (non-hydrogen) atoms. The molecule has 0 unspecified atom stereocenters. The SMILES string of the molecule is COc1ccc(CCN(C)CN)cc1C(C)C. The van der Waals surface area contributed by atoms with Crippen LogP contribution in [0.15, 0.2) is 18.2 Å². The van der Waals surface area contributed by atoms with E-state index in [1.165, 1.54) is 11.1 Å². The monoisotopic (exact) mass is 236 g/mol. The zero-order valence-electron chi connectivity index (χ0n) is 11.4. The predicted octanol–water partition coefficient (Wildman–Crippen LogP) is 2.21. The van der Waals surface area contributed by atoms with Crippen molar-refractivity contribution in [2.45, 2.75) is 26.2 Å². The lowest BCUT2D eigenvalue weighted by Crippen LogP contribution is -2.27. The van der Waals surface area contributed by atoms with Crippen LogP contribution in [0.25, 0.3) is 0 Å². The molecule has 3 heteroatoms. The minimum Gasteiger partial charge on any atom is -0.496 e. The van der Waals surface area contributed by atoms with Crippen molar-refractivity contribution in [1.29, 1.82) is 0 Å². The summed E-state index contributed by atoms with van der Waals surface area (Å²) in [5, 5.41) is 0. The van der Waals surface area contributed by atoms with E-state index in [1.54, 1.807) is 7.11 Å². The smallest absolute Gasteiger partial charge is 0.122 e. The minimum absolute atomic E-state index is 0.483. The molecule has 0 radical (unpaired) electrons. The summed E-state index contributed by atoms with van der Waals surface area (Å²) < 4.78 is 5.38. The van der Waals surface area contributed by atoms with Crippen LogP contribution in [0.4, 0.5) is 0 Å². The van der Waals surface area contributed by atoms with E-state index in [9.17, 15) is 0 Å². The molecule has 96 valence electrons. The summed E-state index contributed by atoms with van der Waals surface area (Å²) in [5.74, 6) is 1.47. The molecule has 1 rings (SSSR count). The van der Waals surface area contributed by atoms with Crippen LogP contribution in [0.3, 0.4) is 0 Å². The Morgan fingerprint density at radius 2 is 2.06 bits per heavy atom. The van der Waals surface area contributed by atoms with Crippen molar-refractivity contribution in [3.05, 3.63) is 29.3 Å². The van der Waals surface area contributed by atoms with Crippen LogP contribution in [0.1, 0.15) is 30.9 Å². The lowest BCUT2D eigenvalue weighted by molar-refractivity contribution is 0.349. The summed E-state index contributed by atoms with van der Waals surface area (Å²) in [7, 11) is 3.76. The maximum Gasteiger partial charge on any atom is 0.122 e. The summed E-state index contributed by atoms with van der Waals surface area (Å²) in [6.07, 6.45) is 1.03. The van der Waals surface area contributed by atoms with Crippen LogP contribution in [0, 0.1) is 0 Å². The molecule has 0 bridgehead atoms. The fourth-order valence-electron chi connectivity index (χ4n) is 1.80. The van der Waals surface area contributed by atoms with Crippen molar-refractivity contribution in [2.75, 3.05) is 27.4 Å². The lowest BCUT2D eigenvalue weighted by atomic mass is 9.98. The molecule has 0 saturated heterocycles. The Hall–Kier alpha value is -1.06. The quantitative estimate of drug-likeness (QED) is 0.770. The van der Waals surface area contributed by atoms with Gasteiger partial charge in [-0.3, -0.25) is 4.90 Å². The van der Waals surface area contributed by atoms with Crippen molar-refractivity contribution in [1.82, 2.24) is 4.90 Å². The first-order valence-corrected chi connectivity index (χ1v) is 6.14. The van der Waals surface area contributed by atoms with Crippen molar-refractivity contribution in [3.8, 4) is 5.75 Å². The number of hydrogen-bond acceptors (Lipinski definition) is 3. The molecule has 0 atom stereocenters. The van der Waals surface area contributed by atoms with E-state index in [0.29, 0.717) is 12.6 Å². The van der Waals surface area contributed by atoms with Gasteiger partial charge in [-0.2, -0.15) is 0 Å². The molecule has 1 aromatic carbocycles. The van der Waals surface area contributed by atoms with Crippen molar-refractivity contribution in [2.24, 2.45) is 5.73 Å². The number of likely N-dealkylation sites (N-methyl/N-ethyl adjacent to an activating group) is 1. The Balaban J connectivity index is 2.78. The molecule has 0 heterocycles. The van der Waals surface area contributed by atoms with Crippen LogP contribution < -0.4 is 10.5 Å². The van der Waals surface area contributed by atoms with E-state index in [1.807, 2.05) is 7.05 Å². The maximum atomic E-state index is 5.57. The number of nitrogens with zero attached hydrogens (tertiary/aromatic N) is 1. The zero-order valence-corrected chi connectivity index (χ0v) is 11.4. The highest BCUT2D eigenvalue weighted by molar-refractivity contribution is 5.39. The van der Waals surface area contributed by atoms with E-state index >= 15 is 0 Å². The van der Waals surface area contributed by atoms with Crippen LogP contribution in [0.2, 0.25) is 0 Å². The average molecular weight is 236 g/mol. The second kappa shape index (κ2) is 6.62. The first kappa shape index (κ1) is 14.0. The second-order valence-corrected chi connectivity index (χ2v) is 4.74. The van der Waals surface area contributed by atoms with Gasteiger partial charge in [-0.25, -0.2) is 0 Å². The van der Waals surface area contributed by atoms with Crippen LogP contribution in [-0.2, 0) is 6.42 Å². The summed E-state index contributed by atoms with van der Waals surface area (Å²) >= 11 is 0. The third-order valence-corrected chi connectivity index (χ3v) is 3.01. The molecule has 2 N–H and O–H groups in total. The lowest BCUT2D eigenvalue weighted by Gasteiger charge is -2.16. The van der Waals surface area contributed by atoms with Gasteiger partial charge in [-0.15, -0.1) is 0 Å². The van der Waals surface area contributed by atoms with Gasteiger partial charge in [-0.1, -0.05) is 26.0 Å². The van der Waals surface area contributed by atoms with Gasteiger partial charge in [0.15, 0.2) is 0 Å². The summed E-state index contributed by atoms with van der Waals surface area (Å²) in [4.78, 5) is 2.11. The van der Waals surface area contributed by atoms with E-state index < -0.39 is 0 Å². The van der Waals surface area contributed by atoms with Gasteiger partial charge in [0, 0.05) is 13.2 Å². The molecule has 0 amide bonds. The highest BCUT2D eigenvalue weighted by Crippen LogP contribution is 2.27. The Kier molecular flexibility index (Phi) is 5.45. The molecular formula is C14H24N2O. The zero-order chi connectivity index (χ0) is 12.8. The van der Waals surface area contributed by atoms with Gasteiger partial charge in [0.2, 0.25) is 0 Å². The minimum atomic E-state index is 0.483. The van der Waals surface area contributed by atoms with Gasteiger partial charge in [0.25, 0.3) is 0 Å². The predicted molar refractivity (Wildman–Crippen MR) is 72.5 cm³/mol. The molecule has 0 saturated carbocycles. The third-order valence-electron chi connectivity index (χ3n) is 3.01. The highest BCUT2D eigenvalue weighted by Gasteiger charge is 2.08. The van der Waals surface area contributed by atoms with Gasteiger partial charge >= 0.3 is 0 Å². The standard InChI is InChI=1S/C14H24N2O/c1-11(2)13-9-12(5-6-14(13)17-4)7-8-16(3)10-15/h5-6,9,11H,7-8,10,15H2,1-4H3. The molecule has 0 aliphatic carbocycles. The van der Waals surface area contributed by atoms with E-state index in [2.05, 4.69) is 36.9 Å². The maximum absolute atomic E-state index is 5.57. The number of rotatable bonds is 6. The largest absolute Gasteiger partial charge is 0.496 e. The molecule has 1 aromatic rings. The number of nitrogens with two attached hydrogens (primary N) is 1. The fourth-order valence-corrected chi connectivity index (χ4v) is 1.80. The number of benzene rings is 1. The third kappa shape index (κ3) is 4.02. The molecule has 0 fully saturated rings. The van der Waals surface area contributed by atoms with Crippen LogP contribution >= 0.6 is 0 Å². The van der Waals surface area contributed by atoms with Gasteiger partial charge in [0.05, 0.1) is 7.11 Å². The Morgan fingerprint density at radius 3 is 2.59 bits per heavy atom. The van der Waals surface area contributed by atoms with Crippen molar-refractivity contribution in [3.63, 3.8) is 0 Å². The highest BCUT2D eigenvalue weighted by atomic mass is 16.5. The van der Waals surface area contributed by atoms with Crippen LogP contribution in [-0.4, -0.2) is 32.3 Å². The van der Waals surface area contributed by atoms with Crippen molar-refractivity contribution >= 4 is 0 Å². The Labute approximate surface area is 105 Å². The van der Waals surface area contributed by atoms with E-state index in [0.717, 1.165) is 18.7 Å². The van der Waals surface area contributed by atoms with E-state index in [4.69, 9.17) is 10.5 Å². The summed E-state index contributed by atoms with van der Waals surface area (Å²) in [6.45, 7) is 5.97. The van der Waals surface area contributed by atoms with Crippen molar-refractivity contribution < 1.29 is 4.74 Å². The van der Waals surface area contributed by atoms with Gasteiger partial charge in [-0.05, 0) is 36.6 Å². The second-order valence-electron chi connectivity index (χ2n) is 4.74. The van der Waals surface area contributed by atoms with Gasteiger partial charge < -0.3 is 10.5 Å².